The minimum Gasteiger partial charge on any atom is -0.496 e. The van der Waals surface area contributed by atoms with Gasteiger partial charge in [-0.15, -0.1) is 0 Å². The second-order valence-electron chi connectivity index (χ2n) is 5.23. The third-order valence-corrected chi connectivity index (χ3v) is 3.82. The third kappa shape index (κ3) is 3.67. The second-order valence-corrected chi connectivity index (χ2v) is 5.62. The average Bonchev–Trinajstić information content (AvgIpc) is 3.00. The van der Waals surface area contributed by atoms with Crippen molar-refractivity contribution < 1.29 is 17.9 Å². The van der Waals surface area contributed by atoms with Gasteiger partial charge in [0, 0.05) is 0 Å². The van der Waals surface area contributed by atoms with E-state index in [0.717, 1.165) is 12.1 Å². The van der Waals surface area contributed by atoms with Crippen molar-refractivity contribution in [2.45, 2.75) is 6.18 Å². The average molecular weight is 378 g/mol. The van der Waals surface area contributed by atoms with Crippen LogP contribution in [0, 0.1) is 4.77 Å². The predicted octanol–water partition coefficient (Wildman–Crippen LogP) is 4.52. The van der Waals surface area contributed by atoms with E-state index in [9.17, 15) is 13.2 Å². The molecule has 3 aromatic rings. The molecule has 0 aliphatic rings. The van der Waals surface area contributed by atoms with Gasteiger partial charge >= 0.3 is 6.18 Å². The number of methoxy groups -OCH3 is 1. The van der Waals surface area contributed by atoms with E-state index >= 15 is 0 Å². The minimum absolute atomic E-state index is 0.245. The monoisotopic (exact) mass is 378 g/mol. The summed E-state index contributed by atoms with van der Waals surface area (Å²) in [6.45, 7) is 0. The molecule has 0 aliphatic heterocycles. The van der Waals surface area contributed by atoms with Gasteiger partial charge in [-0.3, -0.25) is 0 Å². The van der Waals surface area contributed by atoms with Crippen LogP contribution in [0.1, 0.15) is 11.1 Å². The number of nitrogens with one attached hydrogen (secondary N) is 1. The van der Waals surface area contributed by atoms with Gasteiger partial charge in [0.1, 0.15) is 5.75 Å². The summed E-state index contributed by atoms with van der Waals surface area (Å²) in [5, 5.41) is 11.0. The summed E-state index contributed by atoms with van der Waals surface area (Å²) in [6, 6.07) is 11.9. The van der Waals surface area contributed by atoms with E-state index in [-0.39, 0.29) is 4.77 Å². The molecule has 0 atom stereocenters. The van der Waals surface area contributed by atoms with Crippen molar-refractivity contribution in [3.05, 3.63) is 64.4 Å². The lowest BCUT2D eigenvalue weighted by molar-refractivity contribution is -0.137. The Labute approximate surface area is 151 Å². The molecular formula is C17H13F3N4OS. The molecule has 2 aromatic carbocycles. The van der Waals surface area contributed by atoms with Crippen molar-refractivity contribution >= 4 is 18.4 Å². The Balaban J connectivity index is 1.95. The van der Waals surface area contributed by atoms with Gasteiger partial charge < -0.3 is 4.74 Å². The molecule has 0 radical (unpaired) electrons. The third-order valence-electron chi connectivity index (χ3n) is 3.56. The zero-order valence-corrected chi connectivity index (χ0v) is 14.3. The van der Waals surface area contributed by atoms with Crippen LogP contribution in [0.5, 0.6) is 5.75 Å². The standard InChI is InChI=1S/C17H13F3N4OS/c1-25-14-5-3-2-4-13(14)15-22-23-16(26)24(15)21-10-11-6-8-12(9-7-11)17(18,19)20/h2-10H,1H3,(H,23,26)/b21-10-. The van der Waals surface area contributed by atoms with Crippen LogP contribution in [0.25, 0.3) is 11.4 Å². The molecule has 0 amide bonds. The van der Waals surface area contributed by atoms with Crippen LogP contribution in [-0.4, -0.2) is 28.2 Å². The number of hydrogen-bond acceptors (Lipinski definition) is 4. The Hall–Kier alpha value is -2.94. The van der Waals surface area contributed by atoms with E-state index in [4.69, 9.17) is 17.0 Å². The van der Waals surface area contributed by atoms with Crippen molar-refractivity contribution in [1.29, 1.82) is 0 Å². The first-order valence-corrected chi connectivity index (χ1v) is 7.83. The first-order chi connectivity index (χ1) is 12.4. The number of benzene rings is 2. The molecule has 1 heterocycles. The van der Waals surface area contributed by atoms with Crippen LogP contribution < -0.4 is 4.74 Å². The van der Waals surface area contributed by atoms with Crippen molar-refractivity contribution in [1.82, 2.24) is 14.9 Å². The minimum atomic E-state index is -4.38. The molecule has 9 heteroatoms. The predicted molar refractivity (Wildman–Crippen MR) is 93.8 cm³/mol. The molecule has 0 unspecified atom stereocenters. The smallest absolute Gasteiger partial charge is 0.416 e. The maximum Gasteiger partial charge on any atom is 0.416 e. The van der Waals surface area contributed by atoms with Gasteiger partial charge in [-0.1, -0.05) is 24.3 Å². The molecule has 0 fully saturated rings. The van der Waals surface area contributed by atoms with Crippen LogP contribution in [0.15, 0.2) is 53.6 Å². The fourth-order valence-corrected chi connectivity index (χ4v) is 2.46. The van der Waals surface area contributed by atoms with Gasteiger partial charge in [0.15, 0.2) is 5.82 Å². The van der Waals surface area contributed by atoms with Crippen LogP contribution in [-0.2, 0) is 6.18 Å². The maximum absolute atomic E-state index is 12.6. The molecule has 1 N–H and O–H groups in total. The summed E-state index contributed by atoms with van der Waals surface area (Å²) in [5.74, 6) is 1.02. The molecule has 26 heavy (non-hydrogen) atoms. The van der Waals surface area contributed by atoms with Crippen molar-refractivity contribution in [2.24, 2.45) is 5.10 Å². The summed E-state index contributed by atoms with van der Waals surface area (Å²) in [5.41, 5.74) is 0.447. The van der Waals surface area contributed by atoms with Gasteiger partial charge in [-0.25, -0.2) is 5.10 Å². The van der Waals surface area contributed by atoms with Crippen LogP contribution in [0.3, 0.4) is 0 Å². The Morgan fingerprint density at radius 1 is 1.15 bits per heavy atom. The van der Waals surface area contributed by atoms with E-state index < -0.39 is 11.7 Å². The molecule has 0 saturated heterocycles. The fraction of sp³-hybridized carbons (Fsp3) is 0.118. The van der Waals surface area contributed by atoms with Gasteiger partial charge in [-0.2, -0.15) is 28.0 Å². The zero-order valence-electron chi connectivity index (χ0n) is 13.5. The number of rotatable bonds is 4. The SMILES string of the molecule is COc1ccccc1-c1n[nH]c(=S)n1/N=C\c1ccc(C(F)(F)F)cc1. The number of aromatic nitrogens is 3. The first-order valence-electron chi connectivity index (χ1n) is 7.42. The molecule has 0 aliphatic carbocycles. The number of alkyl halides is 3. The molecular weight excluding hydrogens is 365 g/mol. The Morgan fingerprint density at radius 2 is 1.85 bits per heavy atom. The first kappa shape index (κ1) is 17.9. The number of aromatic amines is 1. The summed E-state index contributed by atoms with van der Waals surface area (Å²) in [6.07, 6.45) is -2.97. The van der Waals surface area contributed by atoms with E-state index in [1.165, 1.54) is 30.1 Å². The van der Waals surface area contributed by atoms with Crippen molar-refractivity contribution in [3.63, 3.8) is 0 Å². The molecule has 0 saturated carbocycles. The second kappa shape index (κ2) is 7.12. The fourth-order valence-electron chi connectivity index (χ4n) is 2.29. The van der Waals surface area contributed by atoms with Gasteiger partial charge in [0.25, 0.3) is 0 Å². The lowest BCUT2D eigenvalue weighted by Gasteiger charge is -2.07. The van der Waals surface area contributed by atoms with Crippen LogP contribution in [0.2, 0.25) is 0 Å². The topological polar surface area (TPSA) is 55.2 Å². The summed E-state index contributed by atoms with van der Waals surface area (Å²) in [4.78, 5) is 0. The van der Waals surface area contributed by atoms with Crippen LogP contribution >= 0.6 is 12.2 Å². The van der Waals surface area contributed by atoms with E-state index in [2.05, 4.69) is 15.3 Å². The molecule has 3 rings (SSSR count). The number of hydrogen-bond donors (Lipinski definition) is 1. The van der Waals surface area contributed by atoms with E-state index in [1.54, 1.807) is 12.1 Å². The molecule has 1 aromatic heterocycles. The summed E-state index contributed by atoms with van der Waals surface area (Å²) < 4.78 is 44.8. The molecule has 5 nitrogen and oxygen atoms in total. The van der Waals surface area contributed by atoms with E-state index in [0.29, 0.717) is 22.7 Å². The number of halogens is 3. The largest absolute Gasteiger partial charge is 0.496 e. The Bertz CT molecular complexity index is 990. The van der Waals surface area contributed by atoms with Crippen molar-refractivity contribution in [2.75, 3.05) is 7.11 Å². The van der Waals surface area contributed by atoms with E-state index in [1.807, 2.05) is 12.1 Å². The maximum atomic E-state index is 12.6. The normalized spacial score (nSPS) is 11.8. The lowest BCUT2D eigenvalue weighted by Crippen LogP contribution is -2.04. The number of H-pyrrole nitrogens is 1. The van der Waals surface area contributed by atoms with Crippen LogP contribution in [0.4, 0.5) is 13.2 Å². The highest BCUT2D eigenvalue weighted by Gasteiger charge is 2.29. The molecule has 0 bridgehead atoms. The highest BCUT2D eigenvalue weighted by molar-refractivity contribution is 7.71. The van der Waals surface area contributed by atoms with Gasteiger partial charge in [0.05, 0.1) is 24.5 Å². The van der Waals surface area contributed by atoms with Gasteiger partial charge in [0.2, 0.25) is 4.77 Å². The molecule has 134 valence electrons. The highest BCUT2D eigenvalue weighted by Crippen LogP contribution is 2.29. The Morgan fingerprint density at radius 3 is 2.50 bits per heavy atom. The van der Waals surface area contributed by atoms with Crippen molar-refractivity contribution in [3.8, 4) is 17.1 Å². The lowest BCUT2D eigenvalue weighted by atomic mass is 10.1. The molecule has 0 spiro atoms. The number of ether oxygens (including phenoxy) is 1. The highest BCUT2D eigenvalue weighted by atomic mass is 32.1. The summed E-state index contributed by atoms with van der Waals surface area (Å²) >= 11 is 5.18. The van der Waals surface area contributed by atoms with Gasteiger partial charge in [-0.05, 0) is 42.0 Å². The number of para-hydroxylation sites is 1. The Kier molecular flexibility index (Phi) is 4.90. The number of nitrogens with zero attached hydrogens (tertiary/aromatic N) is 3. The quantitative estimate of drug-likeness (QED) is 0.537. The summed E-state index contributed by atoms with van der Waals surface area (Å²) in [7, 11) is 1.54. The zero-order chi connectivity index (χ0) is 18.7.